The van der Waals surface area contributed by atoms with Crippen LogP contribution < -0.4 is 5.32 Å². The van der Waals surface area contributed by atoms with Crippen LogP contribution in [0, 0.1) is 0 Å². The first-order valence-corrected chi connectivity index (χ1v) is 3.88. The lowest BCUT2D eigenvalue weighted by Crippen LogP contribution is -2.49. The second-order valence-electron chi connectivity index (χ2n) is 2.98. The van der Waals surface area contributed by atoms with Gasteiger partial charge in [-0.15, -0.1) is 12.4 Å². The predicted octanol–water partition coefficient (Wildman–Crippen LogP) is 0.00240. The Labute approximate surface area is 72.5 Å². The highest BCUT2D eigenvalue weighted by Crippen LogP contribution is 2.18. The average molecular weight is 177 g/mol. The number of fused-ring (bicyclic) bond motifs is 1. The average Bonchev–Trinajstić information content (AvgIpc) is 2.34. The van der Waals surface area contributed by atoms with Gasteiger partial charge in [0.2, 0.25) is 5.91 Å². The number of nitrogens with zero attached hydrogens (tertiary/aromatic N) is 1. The first-order valence-electron chi connectivity index (χ1n) is 3.88. The quantitative estimate of drug-likeness (QED) is 0.564. The normalized spacial score (nSPS) is 29.6. The molecule has 2 aliphatic heterocycles. The zero-order valence-electron chi connectivity index (χ0n) is 6.38. The molecule has 0 bridgehead atoms. The highest BCUT2D eigenvalue weighted by atomic mass is 35.5. The molecule has 11 heavy (non-hydrogen) atoms. The smallest absolute Gasteiger partial charge is 0.222 e. The van der Waals surface area contributed by atoms with Crippen molar-refractivity contribution in [1.82, 2.24) is 10.2 Å². The summed E-state index contributed by atoms with van der Waals surface area (Å²) in [5, 5.41) is 3.28. The molecule has 2 saturated heterocycles. The van der Waals surface area contributed by atoms with Gasteiger partial charge in [0.1, 0.15) is 0 Å². The van der Waals surface area contributed by atoms with E-state index in [4.69, 9.17) is 0 Å². The van der Waals surface area contributed by atoms with Crippen LogP contribution in [0.15, 0.2) is 0 Å². The highest BCUT2D eigenvalue weighted by molar-refractivity contribution is 5.85. The van der Waals surface area contributed by atoms with Gasteiger partial charge in [0.05, 0.1) is 0 Å². The molecule has 1 N–H and O–H groups in total. The van der Waals surface area contributed by atoms with E-state index in [0.717, 1.165) is 32.5 Å². The summed E-state index contributed by atoms with van der Waals surface area (Å²) >= 11 is 0. The van der Waals surface area contributed by atoms with Crippen molar-refractivity contribution in [3.63, 3.8) is 0 Å². The largest absolute Gasteiger partial charge is 0.337 e. The second kappa shape index (κ2) is 3.41. The molecule has 1 atom stereocenters. The first kappa shape index (κ1) is 8.81. The molecule has 0 aromatic heterocycles. The Morgan fingerprint density at radius 2 is 2.36 bits per heavy atom. The van der Waals surface area contributed by atoms with Crippen LogP contribution in [-0.2, 0) is 4.79 Å². The Morgan fingerprint density at radius 1 is 1.55 bits per heavy atom. The number of piperazine rings is 1. The molecule has 0 aromatic carbocycles. The van der Waals surface area contributed by atoms with E-state index in [-0.39, 0.29) is 12.4 Å². The van der Waals surface area contributed by atoms with Gasteiger partial charge in [0, 0.05) is 32.1 Å². The molecule has 2 aliphatic rings. The lowest BCUT2D eigenvalue weighted by Gasteiger charge is -2.29. The second-order valence-corrected chi connectivity index (χ2v) is 2.98. The van der Waals surface area contributed by atoms with Crippen LogP contribution in [0.25, 0.3) is 0 Å². The number of carbonyl (C=O) groups excluding carboxylic acids is 1. The number of rotatable bonds is 0. The molecule has 4 heteroatoms. The molecule has 2 heterocycles. The van der Waals surface area contributed by atoms with Gasteiger partial charge in [-0.1, -0.05) is 0 Å². The van der Waals surface area contributed by atoms with E-state index in [9.17, 15) is 4.79 Å². The van der Waals surface area contributed by atoms with Crippen LogP contribution in [0.3, 0.4) is 0 Å². The van der Waals surface area contributed by atoms with Crippen molar-refractivity contribution in [2.24, 2.45) is 0 Å². The van der Waals surface area contributed by atoms with Gasteiger partial charge in [-0.05, 0) is 6.42 Å². The SMILES string of the molecule is Cl.O=C1CCC2CNCCN12. The van der Waals surface area contributed by atoms with Gasteiger partial charge in [0.15, 0.2) is 0 Å². The summed E-state index contributed by atoms with van der Waals surface area (Å²) in [5.41, 5.74) is 0. The summed E-state index contributed by atoms with van der Waals surface area (Å²) in [7, 11) is 0. The summed E-state index contributed by atoms with van der Waals surface area (Å²) in [6.07, 6.45) is 1.83. The lowest BCUT2D eigenvalue weighted by molar-refractivity contribution is -0.129. The van der Waals surface area contributed by atoms with Crippen LogP contribution >= 0.6 is 12.4 Å². The Morgan fingerprint density at radius 3 is 3.09 bits per heavy atom. The van der Waals surface area contributed by atoms with Gasteiger partial charge in [-0.3, -0.25) is 4.79 Å². The maximum atomic E-state index is 11.1. The molecule has 2 rings (SSSR count). The molecule has 0 spiro atoms. The molecule has 1 unspecified atom stereocenters. The minimum Gasteiger partial charge on any atom is -0.337 e. The number of hydrogen-bond acceptors (Lipinski definition) is 2. The van der Waals surface area contributed by atoms with Crippen LogP contribution in [0.5, 0.6) is 0 Å². The fourth-order valence-electron chi connectivity index (χ4n) is 1.78. The van der Waals surface area contributed by atoms with E-state index in [1.807, 2.05) is 4.90 Å². The molecule has 0 saturated carbocycles. The van der Waals surface area contributed by atoms with E-state index in [1.165, 1.54) is 0 Å². The van der Waals surface area contributed by atoms with Gasteiger partial charge >= 0.3 is 0 Å². The van der Waals surface area contributed by atoms with Crippen LogP contribution in [-0.4, -0.2) is 36.5 Å². The van der Waals surface area contributed by atoms with E-state index in [1.54, 1.807) is 0 Å². The zero-order chi connectivity index (χ0) is 6.97. The number of halogens is 1. The monoisotopic (exact) mass is 176 g/mol. The van der Waals surface area contributed by atoms with Gasteiger partial charge in [-0.2, -0.15) is 0 Å². The van der Waals surface area contributed by atoms with Gasteiger partial charge in [-0.25, -0.2) is 0 Å². The number of hydrogen-bond donors (Lipinski definition) is 1. The fourth-order valence-corrected chi connectivity index (χ4v) is 1.78. The Bertz CT molecular complexity index is 163. The van der Waals surface area contributed by atoms with E-state index in [2.05, 4.69) is 5.32 Å². The minimum absolute atomic E-state index is 0. The summed E-state index contributed by atoms with van der Waals surface area (Å²) in [6.45, 7) is 2.90. The number of carbonyl (C=O) groups is 1. The topological polar surface area (TPSA) is 32.3 Å². The van der Waals surface area contributed by atoms with Crippen LogP contribution in [0.2, 0.25) is 0 Å². The van der Waals surface area contributed by atoms with E-state index in [0.29, 0.717) is 11.9 Å². The first-order chi connectivity index (χ1) is 4.88. The van der Waals surface area contributed by atoms with E-state index >= 15 is 0 Å². The predicted molar refractivity (Wildman–Crippen MR) is 44.9 cm³/mol. The Kier molecular flexibility index (Phi) is 2.73. The Hall–Kier alpha value is -0.280. The van der Waals surface area contributed by atoms with Gasteiger partial charge < -0.3 is 10.2 Å². The van der Waals surface area contributed by atoms with E-state index < -0.39 is 0 Å². The molecule has 64 valence electrons. The third-order valence-electron chi connectivity index (χ3n) is 2.36. The summed E-state index contributed by atoms with van der Waals surface area (Å²) < 4.78 is 0. The minimum atomic E-state index is 0. The molecular weight excluding hydrogens is 164 g/mol. The van der Waals surface area contributed by atoms with Crippen LogP contribution in [0.1, 0.15) is 12.8 Å². The highest BCUT2D eigenvalue weighted by Gasteiger charge is 2.31. The fraction of sp³-hybridized carbons (Fsp3) is 0.857. The molecular formula is C7H13ClN2O. The van der Waals surface area contributed by atoms with Crippen molar-refractivity contribution in [1.29, 1.82) is 0 Å². The summed E-state index contributed by atoms with van der Waals surface area (Å²) in [6, 6.07) is 0.515. The molecule has 1 amide bonds. The summed E-state index contributed by atoms with van der Waals surface area (Å²) in [4.78, 5) is 13.1. The van der Waals surface area contributed by atoms with Crippen molar-refractivity contribution in [2.45, 2.75) is 18.9 Å². The van der Waals surface area contributed by atoms with Crippen molar-refractivity contribution in [3.05, 3.63) is 0 Å². The zero-order valence-corrected chi connectivity index (χ0v) is 7.19. The van der Waals surface area contributed by atoms with Gasteiger partial charge in [0.25, 0.3) is 0 Å². The van der Waals surface area contributed by atoms with Crippen molar-refractivity contribution in [2.75, 3.05) is 19.6 Å². The summed E-state index contributed by atoms with van der Waals surface area (Å²) in [5.74, 6) is 0.353. The standard InChI is InChI=1S/C7H12N2O.ClH/c10-7-2-1-6-5-8-3-4-9(6)7;/h6,8H,1-5H2;1H. The molecule has 0 aromatic rings. The maximum Gasteiger partial charge on any atom is 0.222 e. The maximum absolute atomic E-state index is 11.1. The van der Waals surface area contributed by atoms with Crippen LogP contribution in [0.4, 0.5) is 0 Å². The third-order valence-corrected chi connectivity index (χ3v) is 2.36. The molecule has 3 nitrogen and oxygen atoms in total. The molecule has 0 radical (unpaired) electrons. The van der Waals surface area contributed by atoms with Crippen molar-refractivity contribution >= 4 is 18.3 Å². The number of nitrogens with one attached hydrogen (secondary N) is 1. The Balaban J connectivity index is 0.000000605. The molecule has 2 fully saturated rings. The number of amides is 1. The lowest BCUT2D eigenvalue weighted by atomic mass is 10.2. The van der Waals surface area contributed by atoms with Crippen molar-refractivity contribution < 1.29 is 4.79 Å². The van der Waals surface area contributed by atoms with Crippen molar-refractivity contribution in [3.8, 4) is 0 Å². The molecule has 0 aliphatic carbocycles. The third kappa shape index (κ3) is 1.49.